The highest BCUT2D eigenvalue weighted by Gasteiger charge is 2.44. The van der Waals surface area contributed by atoms with Crippen LogP contribution >= 0.6 is 0 Å². The smallest absolute Gasteiger partial charge is 0.00952 e. The maximum atomic E-state index is 5.69. The largest absolute Gasteiger partial charge is 0.330 e. The fourth-order valence-electron chi connectivity index (χ4n) is 3.04. The number of nitrogens with one attached hydrogen (secondary N) is 1. The Balaban J connectivity index is 1.97. The summed E-state index contributed by atoms with van der Waals surface area (Å²) < 4.78 is 0. The second-order valence-electron chi connectivity index (χ2n) is 4.12. The first kappa shape index (κ1) is 7.56. The van der Waals surface area contributed by atoms with Gasteiger partial charge in [-0.05, 0) is 50.6 Å². The predicted octanol–water partition coefficient (Wildman–Crippen LogP) is 0.579. The van der Waals surface area contributed by atoms with Crippen LogP contribution in [0.15, 0.2) is 0 Å². The molecular formula is C9H18N2. The Hall–Kier alpha value is -0.0800. The van der Waals surface area contributed by atoms with E-state index >= 15 is 0 Å². The van der Waals surface area contributed by atoms with Gasteiger partial charge < -0.3 is 11.1 Å². The molecule has 2 aliphatic carbocycles. The zero-order chi connectivity index (χ0) is 7.84. The first-order valence-electron chi connectivity index (χ1n) is 4.72. The minimum atomic E-state index is 0.808. The summed E-state index contributed by atoms with van der Waals surface area (Å²) in [6.45, 7) is 0.914. The first-order chi connectivity index (χ1) is 5.35. The summed E-state index contributed by atoms with van der Waals surface area (Å²) in [6, 6.07) is 0.808. The highest BCUT2D eigenvalue weighted by atomic mass is 14.9. The zero-order valence-corrected chi connectivity index (χ0v) is 7.22. The maximum absolute atomic E-state index is 5.69. The fourth-order valence-corrected chi connectivity index (χ4v) is 3.04. The SMILES string of the molecule is CNC1CC2CC1CC2CN. The second-order valence-corrected chi connectivity index (χ2v) is 4.12. The van der Waals surface area contributed by atoms with E-state index in [9.17, 15) is 0 Å². The van der Waals surface area contributed by atoms with Gasteiger partial charge in [-0.3, -0.25) is 0 Å². The van der Waals surface area contributed by atoms with Crippen LogP contribution in [0, 0.1) is 17.8 Å². The Labute approximate surface area is 68.5 Å². The van der Waals surface area contributed by atoms with Crippen LogP contribution in [0.4, 0.5) is 0 Å². The van der Waals surface area contributed by atoms with E-state index in [1.165, 1.54) is 19.3 Å². The van der Waals surface area contributed by atoms with Gasteiger partial charge in [0.05, 0.1) is 0 Å². The lowest BCUT2D eigenvalue weighted by atomic mass is 9.86. The van der Waals surface area contributed by atoms with E-state index in [1.54, 1.807) is 0 Å². The molecular weight excluding hydrogens is 136 g/mol. The molecule has 2 fully saturated rings. The molecule has 3 N–H and O–H groups in total. The molecule has 4 unspecified atom stereocenters. The lowest BCUT2D eigenvalue weighted by Gasteiger charge is -2.26. The molecule has 0 saturated heterocycles. The van der Waals surface area contributed by atoms with Gasteiger partial charge in [0.1, 0.15) is 0 Å². The topological polar surface area (TPSA) is 38.0 Å². The summed E-state index contributed by atoms with van der Waals surface area (Å²) in [5.74, 6) is 2.74. The standard InChI is InChI=1S/C9H18N2/c1-11-9-4-6-2-7(9)3-8(6)5-10/h6-9,11H,2-5,10H2,1H3. The van der Waals surface area contributed by atoms with E-state index in [1.807, 2.05) is 0 Å². The van der Waals surface area contributed by atoms with Crippen molar-refractivity contribution >= 4 is 0 Å². The predicted molar refractivity (Wildman–Crippen MR) is 46.2 cm³/mol. The van der Waals surface area contributed by atoms with Gasteiger partial charge in [-0.2, -0.15) is 0 Å². The molecule has 2 nitrogen and oxygen atoms in total. The quantitative estimate of drug-likeness (QED) is 0.610. The van der Waals surface area contributed by atoms with Crippen molar-refractivity contribution in [1.29, 1.82) is 0 Å². The van der Waals surface area contributed by atoms with Gasteiger partial charge in [-0.25, -0.2) is 0 Å². The van der Waals surface area contributed by atoms with Gasteiger partial charge in [0.15, 0.2) is 0 Å². The minimum Gasteiger partial charge on any atom is -0.330 e. The van der Waals surface area contributed by atoms with Crippen molar-refractivity contribution in [2.24, 2.45) is 23.5 Å². The summed E-state index contributed by atoms with van der Waals surface area (Å²) in [5.41, 5.74) is 5.69. The van der Waals surface area contributed by atoms with Crippen LogP contribution in [0.1, 0.15) is 19.3 Å². The Morgan fingerprint density at radius 3 is 2.55 bits per heavy atom. The summed E-state index contributed by atoms with van der Waals surface area (Å²) in [5, 5.41) is 3.40. The van der Waals surface area contributed by atoms with Crippen LogP contribution in [-0.2, 0) is 0 Å². The normalized spacial score (nSPS) is 48.5. The first-order valence-corrected chi connectivity index (χ1v) is 4.72. The van der Waals surface area contributed by atoms with Crippen LogP contribution in [0.25, 0.3) is 0 Å². The Kier molecular flexibility index (Phi) is 1.90. The Morgan fingerprint density at radius 1 is 1.27 bits per heavy atom. The van der Waals surface area contributed by atoms with E-state index in [2.05, 4.69) is 12.4 Å². The van der Waals surface area contributed by atoms with Crippen molar-refractivity contribution in [3.8, 4) is 0 Å². The molecule has 0 aromatic carbocycles. The maximum Gasteiger partial charge on any atom is 0.00952 e. The van der Waals surface area contributed by atoms with Crippen LogP contribution in [-0.4, -0.2) is 19.6 Å². The van der Waals surface area contributed by atoms with Crippen molar-refractivity contribution in [1.82, 2.24) is 5.32 Å². The summed E-state index contributed by atoms with van der Waals surface area (Å²) in [4.78, 5) is 0. The molecule has 11 heavy (non-hydrogen) atoms. The van der Waals surface area contributed by atoms with Gasteiger partial charge >= 0.3 is 0 Å². The molecule has 0 aromatic heterocycles. The Bertz CT molecular complexity index is 130. The van der Waals surface area contributed by atoms with E-state index in [0.717, 1.165) is 30.3 Å². The number of nitrogens with two attached hydrogens (primary N) is 1. The molecule has 2 aliphatic rings. The average Bonchev–Trinajstić information content (AvgIpc) is 2.60. The molecule has 0 aliphatic heterocycles. The highest BCUT2D eigenvalue weighted by Crippen LogP contribution is 2.47. The summed E-state index contributed by atoms with van der Waals surface area (Å²) in [6.07, 6.45) is 4.20. The van der Waals surface area contributed by atoms with E-state index in [-0.39, 0.29) is 0 Å². The minimum absolute atomic E-state index is 0.808. The van der Waals surface area contributed by atoms with Crippen molar-refractivity contribution < 1.29 is 0 Å². The van der Waals surface area contributed by atoms with Crippen LogP contribution < -0.4 is 11.1 Å². The molecule has 4 atom stereocenters. The molecule has 0 heterocycles. The summed E-state index contributed by atoms with van der Waals surface area (Å²) in [7, 11) is 2.09. The molecule has 2 bridgehead atoms. The second kappa shape index (κ2) is 2.76. The van der Waals surface area contributed by atoms with Gasteiger partial charge in [-0.1, -0.05) is 0 Å². The van der Waals surface area contributed by atoms with Gasteiger partial charge in [0, 0.05) is 6.04 Å². The number of fused-ring (bicyclic) bond motifs is 2. The molecule has 2 saturated carbocycles. The van der Waals surface area contributed by atoms with Crippen molar-refractivity contribution in [3.63, 3.8) is 0 Å². The fraction of sp³-hybridized carbons (Fsp3) is 1.00. The van der Waals surface area contributed by atoms with Gasteiger partial charge in [-0.15, -0.1) is 0 Å². The van der Waals surface area contributed by atoms with Crippen molar-refractivity contribution in [2.75, 3.05) is 13.6 Å². The number of hydrogen-bond acceptors (Lipinski definition) is 2. The van der Waals surface area contributed by atoms with Crippen molar-refractivity contribution in [2.45, 2.75) is 25.3 Å². The van der Waals surface area contributed by atoms with Gasteiger partial charge in [0.2, 0.25) is 0 Å². The molecule has 0 aromatic rings. The third kappa shape index (κ3) is 1.09. The summed E-state index contributed by atoms with van der Waals surface area (Å²) >= 11 is 0. The lowest BCUT2D eigenvalue weighted by Crippen LogP contribution is -2.34. The number of rotatable bonds is 2. The lowest BCUT2D eigenvalue weighted by molar-refractivity contribution is 0.289. The highest BCUT2D eigenvalue weighted by molar-refractivity contribution is 4.98. The van der Waals surface area contributed by atoms with Crippen molar-refractivity contribution in [3.05, 3.63) is 0 Å². The molecule has 0 radical (unpaired) electrons. The molecule has 64 valence electrons. The van der Waals surface area contributed by atoms with Crippen LogP contribution in [0.3, 0.4) is 0 Å². The van der Waals surface area contributed by atoms with E-state index < -0.39 is 0 Å². The average molecular weight is 154 g/mol. The third-order valence-electron chi connectivity index (χ3n) is 3.68. The number of hydrogen-bond donors (Lipinski definition) is 2. The molecule has 0 amide bonds. The molecule has 2 heteroatoms. The third-order valence-corrected chi connectivity index (χ3v) is 3.68. The zero-order valence-electron chi connectivity index (χ0n) is 7.22. The Morgan fingerprint density at radius 2 is 2.09 bits per heavy atom. The molecule has 0 spiro atoms. The van der Waals surface area contributed by atoms with E-state index in [4.69, 9.17) is 5.73 Å². The van der Waals surface area contributed by atoms with Crippen LogP contribution in [0.2, 0.25) is 0 Å². The monoisotopic (exact) mass is 154 g/mol. The molecule has 2 rings (SSSR count). The van der Waals surface area contributed by atoms with Crippen LogP contribution in [0.5, 0.6) is 0 Å². The van der Waals surface area contributed by atoms with E-state index in [0.29, 0.717) is 0 Å². The van der Waals surface area contributed by atoms with Gasteiger partial charge in [0.25, 0.3) is 0 Å².